The van der Waals surface area contributed by atoms with Gasteiger partial charge in [0.15, 0.2) is 0 Å². The van der Waals surface area contributed by atoms with E-state index in [1.54, 1.807) is 0 Å². The Balaban J connectivity index is 0.00000280. The number of carbonyl (C=O) groups is 1. The summed E-state index contributed by atoms with van der Waals surface area (Å²) in [4.78, 5) is 13.0. The Morgan fingerprint density at radius 3 is 1.32 bits per heavy atom. The van der Waals surface area contributed by atoms with Crippen LogP contribution in [0.2, 0.25) is 5.21 Å². The van der Waals surface area contributed by atoms with Gasteiger partial charge in [0, 0.05) is 0 Å². The molecule has 0 bridgehead atoms. The van der Waals surface area contributed by atoms with Gasteiger partial charge in [-0.15, -0.1) is 0 Å². The third-order valence-corrected chi connectivity index (χ3v) is 13.3. The summed E-state index contributed by atoms with van der Waals surface area (Å²) in [6.07, 6.45) is 0. The molecule has 0 unspecified atom stereocenters. The van der Waals surface area contributed by atoms with Crippen LogP contribution >= 0.6 is 0 Å². The first kappa shape index (κ1) is 22.5. The van der Waals surface area contributed by atoms with E-state index in [4.69, 9.17) is 4.74 Å². The molecule has 0 spiro atoms. The van der Waals surface area contributed by atoms with Crippen molar-refractivity contribution in [2.45, 2.75) is 31.6 Å². The van der Waals surface area contributed by atoms with Crippen LogP contribution < -0.4 is 30.0 Å². The summed E-state index contributed by atoms with van der Waals surface area (Å²) in [6.45, 7) is 5.77. The zero-order valence-electron chi connectivity index (χ0n) is 16.5. The van der Waals surface area contributed by atoms with Crippen LogP contribution in [-0.2, 0) is 9.53 Å². The minimum Gasteiger partial charge on any atom is -1.00 e. The van der Waals surface area contributed by atoms with Gasteiger partial charge < -0.3 is 17.0 Å². The molecule has 3 aromatic rings. The van der Waals surface area contributed by atoms with Gasteiger partial charge in [-0.25, -0.2) is 0 Å². The van der Waals surface area contributed by atoms with Crippen molar-refractivity contribution in [2.24, 2.45) is 0 Å². The molecule has 0 aliphatic rings. The van der Waals surface area contributed by atoms with E-state index in [0.29, 0.717) is 5.21 Å². The Kier molecular flexibility index (Phi) is 7.69. The number of benzene rings is 3. The van der Waals surface area contributed by atoms with E-state index in [2.05, 4.69) is 72.8 Å². The summed E-state index contributed by atoms with van der Waals surface area (Å²) in [5, 5.41) is 0.410. The van der Waals surface area contributed by atoms with Crippen LogP contribution in [0.15, 0.2) is 91.0 Å². The van der Waals surface area contributed by atoms with Gasteiger partial charge in [-0.1, -0.05) is 0 Å². The smallest absolute Gasteiger partial charge is 1.00 e. The fraction of sp³-hybridized carbons (Fsp3) is 0.208. The molecule has 0 aliphatic heterocycles. The maximum Gasteiger partial charge on any atom is -1.00 e. The van der Waals surface area contributed by atoms with E-state index in [9.17, 15) is 4.79 Å². The molecule has 0 N–H and O–H groups in total. The van der Waals surface area contributed by atoms with E-state index in [-0.39, 0.29) is 23.0 Å². The normalized spacial score (nSPS) is 11.4. The molecule has 28 heavy (non-hydrogen) atoms. The van der Waals surface area contributed by atoms with E-state index in [1.807, 2.05) is 39.0 Å². The summed E-state index contributed by atoms with van der Waals surface area (Å²) in [5.41, 5.74) is -0.493. The first-order valence-corrected chi connectivity index (χ1v) is 13.3. The van der Waals surface area contributed by atoms with Crippen LogP contribution in [0.1, 0.15) is 20.8 Å². The predicted octanol–water partition coefficient (Wildman–Crippen LogP) is 0.503. The van der Waals surface area contributed by atoms with Crippen molar-refractivity contribution in [3.63, 3.8) is 0 Å². The fourth-order valence-corrected chi connectivity index (χ4v) is 11.6. The minimum atomic E-state index is -3.03. The molecule has 146 valence electrons. The molecule has 0 aromatic heterocycles. The Morgan fingerprint density at radius 2 is 1.04 bits per heavy atom. The Labute approximate surface area is 181 Å². The van der Waals surface area contributed by atoms with Gasteiger partial charge in [0.25, 0.3) is 0 Å². The van der Waals surface area contributed by atoms with Crippen LogP contribution in [0.25, 0.3) is 0 Å². The number of hydrogen-bond acceptors (Lipinski definition) is 2. The van der Waals surface area contributed by atoms with Crippen LogP contribution in [0.3, 0.4) is 0 Å². The van der Waals surface area contributed by atoms with E-state index >= 15 is 0 Å². The maximum absolute atomic E-state index is 13.0. The standard InChI is InChI=1S/C24H26AsO2.BrH/c1-24(2,3)27-23(26)19-25(20-13-7-4-8-14-20,21-15-9-5-10-16-21)22-17-11-6-12-18-22;/h4-18H,19H2,1-3H3;1H/q+1;/p-1. The van der Waals surface area contributed by atoms with Crippen LogP contribution in [0.5, 0.6) is 0 Å². The second-order valence-corrected chi connectivity index (χ2v) is 14.9. The van der Waals surface area contributed by atoms with Crippen molar-refractivity contribution in [2.75, 3.05) is 0 Å². The van der Waals surface area contributed by atoms with E-state index in [1.165, 1.54) is 13.1 Å². The molecular weight excluding hydrogens is 475 g/mol. The first-order chi connectivity index (χ1) is 12.9. The van der Waals surface area contributed by atoms with Crippen molar-refractivity contribution in [1.82, 2.24) is 0 Å². The SMILES string of the molecule is CC(C)(C)OC(=O)C[As+](c1ccccc1)(c1ccccc1)c1ccccc1.[Br-]. The van der Waals surface area contributed by atoms with Gasteiger partial charge in [0.2, 0.25) is 0 Å². The topological polar surface area (TPSA) is 26.3 Å². The average molecular weight is 501 g/mol. The predicted molar refractivity (Wildman–Crippen MR) is 115 cm³/mol. The zero-order valence-corrected chi connectivity index (χ0v) is 20.0. The fourth-order valence-electron chi connectivity index (χ4n) is 3.34. The monoisotopic (exact) mass is 500 g/mol. The number of halogens is 1. The average Bonchev–Trinajstić information content (AvgIpc) is 2.67. The molecule has 0 saturated carbocycles. The number of esters is 1. The van der Waals surface area contributed by atoms with Gasteiger partial charge in [0.1, 0.15) is 0 Å². The molecule has 0 heterocycles. The summed E-state index contributed by atoms with van der Waals surface area (Å²) in [7, 11) is 0. The molecule has 0 radical (unpaired) electrons. The van der Waals surface area contributed by atoms with Crippen molar-refractivity contribution in [1.29, 1.82) is 0 Å². The van der Waals surface area contributed by atoms with Crippen LogP contribution in [0, 0.1) is 0 Å². The van der Waals surface area contributed by atoms with Gasteiger partial charge in [-0.2, -0.15) is 0 Å². The molecule has 0 atom stereocenters. The number of rotatable bonds is 5. The molecule has 0 fully saturated rings. The van der Waals surface area contributed by atoms with Crippen molar-refractivity contribution < 1.29 is 26.5 Å². The van der Waals surface area contributed by atoms with Crippen molar-refractivity contribution in [3.8, 4) is 0 Å². The second kappa shape index (κ2) is 9.58. The van der Waals surface area contributed by atoms with Gasteiger partial charge in [-0.3, -0.25) is 0 Å². The summed E-state index contributed by atoms with van der Waals surface area (Å²) >= 11 is -3.03. The Morgan fingerprint density at radius 1 is 0.714 bits per heavy atom. The van der Waals surface area contributed by atoms with Gasteiger partial charge >= 0.3 is 165 Å². The Hall–Kier alpha value is -1.83. The number of carbonyl (C=O) groups excluding carboxylic acids is 1. The second-order valence-electron chi connectivity index (χ2n) is 7.56. The van der Waals surface area contributed by atoms with Gasteiger partial charge in [-0.05, 0) is 0 Å². The zero-order chi connectivity index (χ0) is 19.3. The summed E-state index contributed by atoms with van der Waals surface area (Å²) < 4.78 is 9.51. The van der Waals surface area contributed by atoms with Crippen molar-refractivity contribution >= 4 is 32.6 Å². The van der Waals surface area contributed by atoms with E-state index < -0.39 is 19.2 Å². The first-order valence-electron chi connectivity index (χ1n) is 9.19. The largest absolute Gasteiger partial charge is 1.00 e. The quantitative estimate of drug-likeness (QED) is 0.377. The van der Waals surface area contributed by atoms with Crippen LogP contribution in [0.4, 0.5) is 0 Å². The molecule has 0 saturated heterocycles. The third-order valence-electron chi connectivity index (χ3n) is 4.38. The number of ether oxygens (including phenoxy) is 1. The molecule has 0 amide bonds. The van der Waals surface area contributed by atoms with Gasteiger partial charge in [0.05, 0.1) is 0 Å². The van der Waals surface area contributed by atoms with Crippen LogP contribution in [-0.4, -0.2) is 25.1 Å². The molecule has 0 aliphatic carbocycles. The number of hydrogen-bond donors (Lipinski definition) is 0. The van der Waals surface area contributed by atoms with Crippen molar-refractivity contribution in [3.05, 3.63) is 91.0 Å². The minimum absolute atomic E-state index is 0. The molecule has 3 rings (SSSR count). The Bertz CT molecular complexity index is 778. The molecular formula is C24H26AsBrO2. The third kappa shape index (κ3) is 5.15. The maximum atomic E-state index is 13.0. The molecule has 4 heteroatoms. The molecule has 3 aromatic carbocycles. The summed E-state index contributed by atoms with van der Waals surface area (Å²) in [5.74, 6) is -0.133. The molecule has 2 nitrogen and oxygen atoms in total. The van der Waals surface area contributed by atoms with E-state index in [0.717, 1.165) is 0 Å². The summed E-state index contributed by atoms with van der Waals surface area (Å²) in [6, 6.07) is 31.4.